The molecule has 1 amide bonds. The van der Waals surface area contributed by atoms with Crippen LogP contribution < -0.4 is 5.32 Å². The van der Waals surface area contributed by atoms with Crippen LogP contribution >= 0.6 is 0 Å². The molecule has 7 nitrogen and oxygen atoms in total. The molecule has 0 spiro atoms. The standard InChI is InChI=1S/C29H28N4O3/c1-20-9-5-6-12-23(20)28-31-26(36-32-28)19-33-17-15-22(16-18-33)29(35)30-25-14-8-7-13-24(25)27(34)21-10-3-2-4-11-21/h2-14,22H,15-19H2,1H3,(H,30,35). The molecule has 36 heavy (non-hydrogen) atoms. The summed E-state index contributed by atoms with van der Waals surface area (Å²) in [6.07, 6.45) is 1.44. The summed E-state index contributed by atoms with van der Waals surface area (Å²) in [6, 6.07) is 24.2. The number of anilines is 1. The molecule has 0 atom stereocenters. The third-order valence-electron chi connectivity index (χ3n) is 6.64. The van der Waals surface area contributed by atoms with Gasteiger partial charge in [-0.1, -0.05) is 71.9 Å². The Kier molecular flexibility index (Phi) is 7.00. The van der Waals surface area contributed by atoms with Gasteiger partial charge in [-0.15, -0.1) is 0 Å². The van der Waals surface area contributed by atoms with Crippen molar-refractivity contribution in [1.29, 1.82) is 0 Å². The van der Waals surface area contributed by atoms with Gasteiger partial charge >= 0.3 is 0 Å². The molecule has 0 bridgehead atoms. The molecule has 0 radical (unpaired) electrons. The third kappa shape index (κ3) is 5.26. The highest BCUT2D eigenvalue weighted by atomic mass is 16.5. The number of likely N-dealkylation sites (tertiary alicyclic amines) is 1. The number of hydrogen-bond donors (Lipinski definition) is 1. The quantitative estimate of drug-likeness (QED) is 0.369. The lowest BCUT2D eigenvalue weighted by molar-refractivity contribution is -0.121. The molecule has 1 aromatic heterocycles. The molecule has 1 saturated heterocycles. The Morgan fingerprint density at radius 2 is 1.64 bits per heavy atom. The Morgan fingerprint density at radius 1 is 0.944 bits per heavy atom. The molecular formula is C29H28N4O3. The number of carbonyl (C=O) groups excluding carboxylic acids is 2. The van der Waals surface area contributed by atoms with Crippen molar-refractivity contribution in [2.45, 2.75) is 26.3 Å². The number of benzene rings is 3. The number of carbonyl (C=O) groups is 2. The number of amides is 1. The maximum Gasteiger partial charge on any atom is 0.241 e. The maximum atomic E-state index is 13.1. The van der Waals surface area contributed by atoms with E-state index in [0.717, 1.165) is 37.1 Å². The first kappa shape index (κ1) is 23.6. The number of hydrogen-bond acceptors (Lipinski definition) is 6. The van der Waals surface area contributed by atoms with Crippen LogP contribution in [-0.2, 0) is 11.3 Å². The van der Waals surface area contributed by atoms with E-state index in [4.69, 9.17) is 4.52 Å². The van der Waals surface area contributed by atoms with Crippen LogP contribution in [0.5, 0.6) is 0 Å². The predicted molar refractivity (Wildman–Crippen MR) is 137 cm³/mol. The number of aryl methyl sites for hydroxylation is 1. The smallest absolute Gasteiger partial charge is 0.241 e. The number of para-hydroxylation sites is 1. The minimum absolute atomic E-state index is 0.0532. The van der Waals surface area contributed by atoms with Crippen molar-refractivity contribution in [1.82, 2.24) is 15.0 Å². The molecular weight excluding hydrogens is 452 g/mol. The van der Waals surface area contributed by atoms with Crippen LogP contribution in [-0.4, -0.2) is 39.8 Å². The largest absolute Gasteiger partial charge is 0.338 e. The van der Waals surface area contributed by atoms with Crippen molar-refractivity contribution >= 4 is 17.4 Å². The van der Waals surface area contributed by atoms with Gasteiger partial charge in [0.1, 0.15) is 0 Å². The van der Waals surface area contributed by atoms with Crippen molar-refractivity contribution in [3.8, 4) is 11.4 Å². The van der Waals surface area contributed by atoms with Crippen molar-refractivity contribution in [2.75, 3.05) is 18.4 Å². The van der Waals surface area contributed by atoms with Gasteiger partial charge in [0.2, 0.25) is 17.6 Å². The van der Waals surface area contributed by atoms with Crippen LogP contribution in [0.3, 0.4) is 0 Å². The summed E-state index contributed by atoms with van der Waals surface area (Å²) in [6.45, 7) is 4.09. The molecule has 5 rings (SSSR count). The van der Waals surface area contributed by atoms with E-state index in [1.54, 1.807) is 24.3 Å². The van der Waals surface area contributed by atoms with Gasteiger partial charge in [-0.2, -0.15) is 4.98 Å². The molecule has 0 saturated carbocycles. The number of nitrogens with zero attached hydrogens (tertiary/aromatic N) is 3. The molecule has 182 valence electrons. The second-order valence-corrected chi connectivity index (χ2v) is 9.11. The molecule has 0 aliphatic carbocycles. The van der Waals surface area contributed by atoms with Crippen LogP contribution in [0.15, 0.2) is 83.4 Å². The SMILES string of the molecule is Cc1ccccc1-c1noc(CN2CCC(C(=O)Nc3ccccc3C(=O)c3ccccc3)CC2)n1. The number of nitrogens with one attached hydrogen (secondary N) is 1. The van der Waals surface area contributed by atoms with Crippen LogP contribution in [0, 0.1) is 12.8 Å². The number of piperidine rings is 1. The van der Waals surface area contributed by atoms with E-state index < -0.39 is 0 Å². The maximum absolute atomic E-state index is 13.1. The van der Waals surface area contributed by atoms with Gasteiger partial charge in [0.15, 0.2) is 5.78 Å². The fraction of sp³-hybridized carbons (Fsp3) is 0.241. The Balaban J connectivity index is 1.18. The van der Waals surface area contributed by atoms with E-state index in [1.165, 1.54) is 0 Å². The minimum atomic E-state index is -0.119. The van der Waals surface area contributed by atoms with Crippen molar-refractivity contribution < 1.29 is 14.1 Å². The van der Waals surface area contributed by atoms with Crippen molar-refractivity contribution in [3.63, 3.8) is 0 Å². The topological polar surface area (TPSA) is 88.3 Å². The lowest BCUT2D eigenvalue weighted by atomic mass is 9.95. The first-order chi connectivity index (χ1) is 17.6. The zero-order valence-electron chi connectivity index (χ0n) is 20.2. The lowest BCUT2D eigenvalue weighted by Gasteiger charge is -2.30. The minimum Gasteiger partial charge on any atom is -0.338 e. The van der Waals surface area contributed by atoms with E-state index in [1.807, 2.05) is 61.5 Å². The van der Waals surface area contributed by atoms with Gasteiger partial charge in [-0.3, -0.25) is 14.5 Å². The van der Waals surface area contributed by atoms with Gasteiger partial charge in [0, 0.05) is 22.6 Å². The Hall–Kier alpha value is -4.10. The summed E-state index contributed by atoms with van der Waals surface area (Å²) in [5.41, 5.74) is 3.71. The van der Waals surface area contributed by atoms with Gasteiger partial charge in [-0.25, -0.2) is 0 Å². The Labute approximate surface area is 210 Å². The summed E-state index contributed by atoms with van der Waals surface area (Å²) >= 11 is 0. The second-order valence-electron chi connectivity index (χ2n) is 9.11. The normalized spacial score (nSPS) is 14.5. The van der Waals surface area contributed by atoms with E-state index in [0.29, 0.717) is 35.1 Å². The molecule has 1 aliphatic rings. The van der Waals surface area contributed by atoms with Crippen LogP contribution in [0.1, 0.15) is 40.2 Å². The van der Waals surface area contributed by atoms with E-state index >= 15 is 0 Å². The van der Waals surface area contributed by atoms with Crippen molar-refractivity contribution in [2.24, 2.45) is 5.92 Å². The zero-order valence-corrected chi connectivity index (χ0v) is 20.2. The lowest BCUT2D eigenvalue weighted by Crippen LogP contribution is -2.38. The summed E-state index contributed by atoms with van der Waals surface area (Å²) in [4.78, 5) is 32.8. The van der Waals surface area contributed by atoms with Crippen LogP contribution in [0.25, 0.3) is 11.4 Å². The average Bonchev–Trinajstić information content (AvgIpc) is 3.38. The van der Waals surface area contributed by atoms with E-state index in [-0.39, 0.29) is 17.6 Å². The Bertz CT molecular complexity index is 1360. The summed E-state index contributed by atoms with van der Waals surface area (Å²) in [5, 5.41) is 7.15. The summed E-state index contributed by atoms with van der Waals surface area (Å²) < 4.78 is 5.49. The second kappa shape index (κ2) is 10.7. The summed E-state index contributed by atoms with van der Waals surface area (Å²) in [5.74, 6) is 0.894. The molecule has 7 heteroatoms. The highest BCUT2D eigenvalue weighted by Crippen LogP contribution is 2.25. The molecule has 1 N–H and O–H groups in total. The molecule has 0 unspecified atom stereocenters. The summed E-state index contributed by atoms with van der Waals surface area (Å²) in [7, 11) is 0. The molecule has 4 aromatic rings. The number of aromatic nitrogens is 2. The average molecular weight is 481 g/mol. The fourth-order valence-corrected chi connectivity index (χ4v) is 4.57. The first-order valence-corrected chi connectivity index (χ1v) is 12.2. The third-order valence-corrected chi connectivity index (χ3v) is 6.64. The zero-order chi connectivity index (χ0) is 24.9. The molecule has 3 aromatic carbocycles. The molecule has 1 aliphatic heterocycles. The van der Waals surface area contributed by atoms with Crippen molar-refractivity contribution in [3.05, 3.63) is 101 Å². The Morgan fingerprint density at radius 3 is 2.42 bits per heavy atom. The van der Waals surface area contributed by atoms with Crippen LogP contribution in [0.2, 0.25) is 0 Å². The number of ketones is 1. The van der Waals surface area contributed by atoms with Gasteiger partial charge in [0.05, 0.1) is 12.2 Å². The van der Waals surface area contributed by atoms with Crippen LogP contribution in [0.4, 0.5) is 5.69 Å². The molecule has 2 heterocycles. The van der Waals surface area contributed by atoms with Gasteiger partial charge < -0.3 is 9.84 Å². The number of rotatable bonds is 7. The molecule has 1 fully saturated rings. The highest BCUT2D eigenvalue weighted by Gasteiger charge is 2.27. The van der Waals surface area contributed by atoms with Gasteiger partial charge in [-0.05, 0) is 50.6 Å². The van der Waals surface area contributed by atoms with E-state index in [2.05, 4.69) is 20.4 Å². The van der Waals surface area contributed by atoms with E-state index in [9.17, 15) is 9.59 Å². The highest BCUT2D eigenvalue weighted by molar-refractivity contribution is 6.13. The van der Waals surface area contributed by atoms with Gasteiger partial charge in [0.25, 0.3) is 0 Å². The fourth-order valence-electron chi connectivity index (χ4n) is 4.57. The first-order valence-electron chi connectivity index (χ1n) is 12.2. The monoisotopic (exact) mass is 480 g/mol. The predicted octanol–water partition coefficient (Wildman–Crippen LogP) is 5.13.